The second kappa shape index (κ2) is 10.8. The second-order valence-electron chi connectivity index (χ2n) is 8.57. The molecule has 0 radical (unpaired) electrons. The third-order valence-corrected chi connectivity index (χ3v) is 5.94. The van der Waals surface area contributed by atoms with E-state index in [0.29, 0.717) is 25.8 Å². The van der Waals surface area contributed by atoms with Gasteiger partial charge in [-0.05, 0) is 43.4 Å². The average molecular weight is 388 g/mol. The topological polar surface area (TPSA) is 118 Å². The molecule has 0 spiro atoms. The summed E-state index contributed by atoms with van der Waals surface area (Å²) in [6.45, 7) is 8.49. The Kier molecular flexibility index (Phi) is 9.05. The first kappa shape index (κ1) is 23.6. The van der Waals surface area contributed by atoms with E-state index in [2.05, 4.69) is 26.9 Å². The van der Waals surface area contributed by atoms with Gasteiger partial charge in [0.15, 0.2) is 0 Å². The van der Waals surface area contributed by atoms with Crippen molar-refractivity contribution < 1.29 is 19.2 Å². The zero-order valence-corrected chi connectivity index (χ0v) is 17.0. The Balaban J connectivity index is 3.17. The lowest BCUT2D eigenvalue weighted by Crippen LogP contribution is -2.52. The minimum Gasteiger partial charge on any atom is -0.211 e. The van der Waals surface area contributed by atoms with E-state index in [0.717, 1.165) is 12.8 Å². The molecule has 0 aliphatic heterocycles. The van der Waals surface area contributed by atoms with Crippen LogP contribution in [0.25, 0.3) is 0 Å². The molecular weight excluding hydrogens is 360 g/mol. The van der Waals surface area contributed by atoms with Gasteiger partial charge in [0.25, 0.3) is 0 Å². The van der Waals surface area contributed by atoms with Gasteiger partial charge < -0.3 is 0 Å². The van der Waals surface area contributed by atoms with Crippen LogP contribution in [0, 0.1) is 16.7 Å². The molecule has 152 valence electrons. The van der Waals surface area contributed by atoms with Crippen molar-refractivity contribution in [3.05, 3.63) is 0 Å². The molecule has 0 heterocycles. The summed E-state index contributed by atoms with van der Waals surface area (Å²) in [7, 11) is 0. The Bertz CT molecular complexity index is 726. The van der Waals surface area contributed by atoms with E-state index >= 15 is 0 Å². The summed E-state index contributed by atoms with van der Waals surface area (Å²) in [5.74, 6) is 0.240. The molecular formula is C20H28N4O4. The molecule has 1 aliphatic carbocycles. The second-order valence-corrected chi connectivity index (χ2v) is 8.57. The standard InChI is InChI=1S/C20H28N4O4/c1-15(6-8-21-11-25)10-19(2,3)18(24-14-28)20(4)7-5-16(22-12-26)9-17(20)23-13-27/h15-18H,5-10H2,1-4H3. The van der Waals surface area contributed by atoms with Gasteiger partial charge in [-0.1, -0.05) is 27.7 Å². The van der Waals surface area contributed by atoms with Crippen LogP contribution in [0.4, 0.5) is 0 Å². The molecule has 1 fully saturated rings. The monoisotopic (exact) mass is 388 g/mol. The van der Waals surface area contributed by atoms with Crippen molar-refractivity contribution in [1.82, 2.24) is 0 Å². The average Bonchev–Trinajstić information content (AvgIpc) is 2.62. The molecule has 8 heteroatoms. The summed E-state index contributed by atoms with van der Waals surface area (Å²) < 4.78 is 0. The summed E-state index contributed by atoms with van der Waals surface area (Å²) in [4.78, 5) is 58.7. The highest BCUT2D eigenvalue weighted by atomic mass is 16.1. The van der Waals surface area contributed by atoms with Crippen LogP contribution in [0.15, 0.2) is 20.0 Å². The van der Waals surface area contributed by atoms with Crippen LogP contribution in [0.3, 0.4) is 0 Å². The Morgan fingerprint density at radius 3 is 2.32 bits per heavy atom. The Labute approximate surface area is 165 Å². The van der Waals surface area contributed by atoms with Crippen molar-refractivity contribution in [1.29, 1.82) is 0 Å². The van der Waals surface area contributed by atoms with Gasteiger partial charge in [-0.25, -0.2) is 39.1 Å². The van der Waals surface area contributed by atoms with E-state index in [4.69, 9.17) is 0 Å². The van der Waals surface area contributed by atoms with Crippen LogP contribution in [-0.2, 0) is 19.2 Å². The normalized spacial score (nSPS) is 26.4. The quantitative estimate of drug-likeness (QED) is 0.422. The predicted octanol–water partition coefficient (Wildman–Crippen LogP) is 3.07. The number of nitrogens with zero attached hydrogens (tertiary/aromatic N) is 4. The molecule has 1 aliphatic rings. The molecule has 5 unspecified atom stereocenters. The minimum atomic E-state index is -0.576. The lowest BCUT2D eigenvalue weighted by atomic mass is 9.58. The highest BCUT2D eigenvalue weighted by molar-refractivity contribution is 5.37. The molecule has 0 N–H and O–H groups in total. The summed E-state index contributed by atoms with van der Waals surface area (Å²) in [6.07, 6.45) is 9.53. The van der Waals surface area contributed by atoms with Crippen molar-refractivity contribution in [2.45, 2.75) is 77.9 Å². The summed E-state index contributed by atoms with van der Waals surface area (Å²) in [6, 6.07) is -1.15. The molecule has 0 aromatic rings. The van der Waals surface area contributed by atoms with E-state index in [9.17, 15) is 19.2 Å². The highest BCUT2D eigenvalue weighted by Crippen LogP contribution is 2.50. The fourth-order valence-electron chi connectivity index (χ4n) is 4.77. The van der Waals surface area contributed by atoms with Crippen LogP contribution in [0.1, 0.15) is 59.8 Å². The SMILES string of the molecule is CC(CCN=C=O)CC(C)(C)C(N=C=O)C1(C)CCC(N=C=O)CC1N=C=O. The van der Waals surface area contributed by atoms with Crippen molar-refractivity contribution >= 4 is 24.3 Å². The lowest BCUT2D eigenvalue weighted by Gasteiger charge is -2.49. The van der Waals surface area contributed by atoms with Crippen molar-refractivity contribution in [3.8, 4) is 0 Å². The van der Waals surface area contributed by atoms with E-state index < -0.39 is 22.9 Å². The highest BCUT2D eigenvalue weighted by Gasteiger charge is 2.51. The van der Waals surface area contributed by atoms with Gasteiger partial charge in [-0.15, -0.1) is 0 Å². The number of carbonyl (C=O) groups excluding carboxylic acids is 4. The van der Waals surface area contributed by atoms with Crippen molar-refractivity contribution in [2.24, 2.45) is 36.7 Å². The van der Waals surface area contributed by atoms with Crippen LogP contribution in [0.5, 0.6) is 0 Å². The molecule has 28 heavy (non-hydrogen) atoms. The maximum absolute atomic E-state index is 11.2. The first-order valence-electron chi connectivity index (χ1n) is 9.49. The maximum Gasteiger partial charge on any atom is 0.235 e. The fraction of sp³-hybridized carbons (Fsp3) is 0.800. The Morgan fingerprint density at radius 1 is 1.07 bits per heavy atom. The molecule has 5 atom stereocenters. The van der Waals surface area contributed by atoms with Crippen LogP contribution in [-0.4, -0.2) is 49.0 Å². The fourth-order valence-corrected chi connectivity index (χ4v) is 4.77. The van der Waals surface area contributed by atoms with Gasteiger partial charge in [-0.3, -0.25) is 0 Å². The third kappa shape index (κ3) is 6.02. The molecule has 1 saturated carbocycles. The van der Waals surface area contributed by atoms with E-state index in [1.54, 1.807) is 24.3 Å². The van der Waals surface area contributed by atoms with Crippen LogP contribution >= 0.6 is 0 Å². The minimum absolute atomic E-state index is 0.240. The lowest BCUT2D eigenvalue weighted by molar-refractivity contribution is 0.0499. The first-order chi connectivity index (χ1) is 13.2. The van der Waals surface area contributed by atoms with Crippen LogP contribution < -0.4 is 0 Å². The zero-order valence-electron chi connectivity index (χ0n) is 17.0. The van der Waals surface area contributed by atoms with Gasteiger partial charge >= 0.3 is 0 Å². The Hall–Kier alpha value is -2.48. The number of hydrogen-bond acceptors (Lipinski definition) is 8. The van der Waals surface area contributed by atoms with Crippen molar-refractivity contribution in [2.75, 3.05) is 6.54 Å². The molecule has 0 aromatic heterocycles. The summed E-state index contributed by atoms with van der Waals surface area (Å²) in [5.41, 5.74) is -0.970. The van der Waals surface area contributed by atoms with Gasteiger partial charge in [0.2, 0.25) is 24.3 Å². The number of rotatable bonds is 10. The van der Waals surface area contributed by atoms with E-state index in [1.807, 2.05) is 20.8 Å². The molecule has 0 amide bonds. The van der Waals surface area contributed by atoms with E-state index in [1.165, 1.54) is 0 Å². The molecule has 1 rings (SSSR count). The molecule has 0 saturated heterocycles. The number of isocyanates is 4. The largest absolute Gasteiger partial charge is 0.235 e. The van der Waals surface area contributed by atoms with Gasteiger partial charge in [0.1, 0.15) is 0 Å². The number of hydrogen-bond donors (Lipinski definition) is 0. The van der Waals surface area contributed by atoms with E-state index in [-0.39, 0.29) is 12.0 Å². The maximum atomic E-state index is 11.2. The predicted molar refractivity (Wildman–Crippen MR) is 103 cm³/mol. The van der Waals surface area contributed by atoms with Gasteiger partial charge in [0, 0.05) is 5.41 Å². The van der Waals surface area contributed by atoms with Crippen LogP contribution in [0.2, 0.25) is 0 Å². The smallest absolute Gasteiger partial charge is 0.211 e. The summed E-state index contributed by atoms with van der Waals surface area (Å²) in [5, 5.41) is 0. The summed E-state index contributed by atoms with van der Waals surface area (Å²) >= 11 is 0. The molecule has 0 aromatic carbocycles. The van der Waals surface area contributed by atoms with Gasteiger partial charge in [0.05, 0.1) is 24.7 Å². The Morgan fingerprint density at radius 2 is 1.75 bits per heavy atom. The number of aliphatic imine (C=N–C) groups is 4. The molecule has 8 nitrogen and oxygen atoms in total. The third-order valence-electron chi connectivity index (χ3n) is 5.94. The van der Waals surface area contributed by atoms with Gasteiger partial charge in [-0.2, -0.15) is 0 Å². The van der Waals surface area contributed by atoms with Crippen molar-refractivity contribution in [3.63, 3.8) is 0 Å². The molecule has 0 bridgehead atoms. The first-order valence-corrected chi connectivity index (χ1v) is 9.49. The zero-order chi connectivity index (χ0) is 21.2.